The van der Waals surface area contributed by atoms with Gasteiger partial charge in [0.1, 0.15) is 19.3 Å². The Bertz CT molecular complexity index is 2790. The van der Waals surface area contributed by atoms with Crippen LogP contribution in [0.1, 0.15) is 246 Å². The average molecular weight is 1490 g/mol. The predicted molar refractivity (Wildman–Crippen MR) is 426 cm³/mol. The van der Waals surface area contributed by atoms with Crippen molar-refractivity contribution in [3.63, 3.8) is 0 Å². The third-order valence-corrected chi connectivity index (χ3v) is 16.7. The quantitative estimate of drug-likeness (QED) is 0.0169. The molecule has 0 aromatic rings. The van der Waals surface area contributed by atoms with E-state index in [2.05, 4.69) is 186 Å². The van der Waals surface area contributed by atoms with Crippen LogP contribution in [0.5, 0.6) is 0 Å². The topological polar surface area (TPSA) is 237 Å². The maximum absolute atomic E-state index is 13.1. The van der Waals surface area contributed by atoms with E-state index in [1.165, 1.54) is 19.3 Å². The van der Waals surface area contributed by atoms with Crippen molar-refractivity contribution >= 4 is 39.5 Å². The lowest BCUT2D eigenvalue weighted by Crippen LogP contribution is -2.30. The van der Waals surface area contributed by atoms with E-state index in [9.17, 15) is 43.2 Å². The number of rotatable bonds is 69. The molecule has 0 amide bonds. The van der Waals surface area contributed by atoms with Crippen molar-refractivity contribution in [3.05, 3.63) is 207 Å². The molecule has 0 aliphatic heterocycles. The second-order valence-corrected chi connectivity index (χ2v) is 27.4. The van der Waals surface area contributed by atoms with E-state index in [1.807, 2.05) is 24.3 Å². The van der Waals surface area contributed by atoms with Crippen molar-refractivity contribution < 1.29 is 80.2 Å². The summed E-state index contributed by atoms with van der Waals surface area (Å²) in [4.78, 5) is 72.8. The first-order valence-corrected chi connectivity index (χ1v) is 41.3. The number of allylic oxidation sites excluding steroid dienone is 32. The van der Waals surface area contributed by atoms with Crippen molar-refractivity contribution in [1.29, 1.82) is 0 Å². The third kappa shape index (κ3) is 73.9. The first-order valence-electron chi connectivity index (χ1n) is 38.3. The summed E-state index contributed by atoms with van der Waals surface area (Å²) in [6, 6.07) is 0. The molecule has 5 atom stereocenters. The van der Waals surface area contributed by atoms with Crippen molar-refractivity contribution in [2.75, 3.05) is 39.6 Å². The van der Waals surface area contributed by atoms with Crippen molar-refractivity contribution in [2.24, 2.45) is 0 Å². The minimum absolute atomic E-state index is 0.0262. The SMILES string of the molecule is CC/C=C\C/C=C\C/C=C\C/C=C\C/C=C\CC(=O)OCC(COP(=O)(O)OCC(O)COP(=O)(O)OCC(COC(=O)CCCCCCCC/C=C\C/C=C\C/C=C\CCCCC)OC(=O)CCCC/C=C\C/C=C\C/C=C\C/C=C\CC)OC(=O)C/C=C\C/C=C\C/C=C\C/C=C\C/C=C\CC. The summed E-state index contributed by atoms with van der Waals surface area (Å²) in [5, 5.41) is 10.6. The largest absolute Gasteiger partial charge is 0.472 e. The standard InChI is InChI=1S/C85H132O17P2/c1-5-9-13-17-21-25-29-33-37-38-39-40-44-46-50-54-58-62-66-70-83(88)96-76-81(102-85(90)72-68-64-60-56-52-48-43-36-32-28-24-20-16-12-8-4)78-100-104(93,94)98-74-79(86)73-97-103(91,92)99-77-80(101-84(89)71-67-63-59-55-51-47-42-35-31-27-23-19-15-11-7-3)75-95-82(87)69-65-61-57-53-49-45-41-34-30-26-22-18-14-10-6-2/h10-12,14-16,21-28,33-37,39-43,49,51-53,55-56,61,63,65,67,79-81,86H,5-9,13,17-20,29-32,38,44-48,50,54,57-60,62,64,66,68-78H2,1-4H3,(H,91,92)(H,93,94)/b14-10-,15-11-,16-12-,25-21-,26-22-,27-23-,28-24-,37-33-,40-39-,41-34-,42-35-,43-36-,53-49-,55-51-,56-52-,65-61-,67-63-. The minimum atomic E-state index is -5.03. The number of hydrogen-bond acceptors (Lipinski definition) is 15. The van der Waals surface area contributed by atoms with E-state index in [-0.39, 0.29) is 25.7 Å². The van der Waals surface area contributed by atoms with Gasteiger partial charge in [-0.05, 0) is 154 Å². The monoisotopic (exact) mass is 1490 g/mol. The van der Waals surface area contributed by atoms with E-state index in [0.717, 1.165) is 141 Å². The van der Waals surface area contributed by atoms with Crippen molar-refractivity contribution in [2.45, 2.75) is 264 Å². The van der Waals surface area contributed by atoms with Gasteiger partial charge < -0.3 is 33.8 Å². The van der Waals surface area contributed by atoms with Crippen molar-refractivity contribution in [1.82, 2.24) is 0 Å². The molecule has 0 aliphatic rings. The smallest absolute Gasteiger partial charge is 0.462 e. The van der Waals surface area contributed by atoms with E-state index in [1.54, 1.807) is 24.3 Å². The Morgan fingerprint density at radius 3 is 0.913 bits per heavy atom. The highest BCUT2D eigenvalue weighted by Crippen LogP contribution is 2.45. The molecule has 0 radical (unpaired) electrons. The second kappa shape index (κ2) is 74.9. The number of carbonyl (C=O) groups excluding carboxylic acids is 4. The van der Waals surface area contributed by atoms with Gasteiger partial charge in [-0.1, -0.05) is 273 Å². The van der Waals surface area contributed by atoms with Gasteiger partial charge >= 0.3 is 39.5 Å². The summed E-state index contributed by atoms with van der Waals surface area (Å²) >= 11 is 0. The van der Waals surface area contributed by atoms with Gasteiger partial charge in [0.2, 0.25) is 0 Å². The molecule has 19 heteroatoms. The summed E-state index contributed by atoms with van der Waals surface area (Å²) in [6.07, 6.45) is 93.2. The number of unbranched alkanes of at least 4 members (excludes halogenated alkanes) is 11. The number of phosphoric ester groups is 2. The van der Waals surface area contributed by atoms with Gasteiger partial charge in [-0.15, -0.1) is 0 Å². The molecule has 0 aliphatic carbocycles. The molecule has 0 saturated heterocycles. The second-order valence-electron chi connectivity index (χ2n) is 24.5. The highest BCUT2D eigenvalue weighted by molar-refractivity contribution is 7.47. The van der Waals surface area contributed by atoms with Gasteiger partial charge in [0.15, 0.2) is 12.2 Å². The number of ether oxygens (including phenoxy) is 4. The Morgan fingerprint density at radius 2 is 0.548 bits per heavy atom. The van der Waals surface area contributed by atoms with Crippen LogP contribution in [0, 0.1) is 0 Å². The molecular formula is C85H132O17P2. The molecule has 0 saturated carbocycles. The molecule has 584 valence electrons. The Labute approximate surface area is 627 Å². The molecule has 104 heavy (non-hydrogen) atoms. The molecule has 0 heterocycles. The number of esters is 4. The molecule has 17 nitrogen and oxygen atoms in total. The Balaban J connectivity index is 5.55. The summed E-state index contributed by atoms with van der Waals surface area (Å²) in [5.41, 5.74) is 0. The zero-order valence-corrected chi connectivity index (χ0v) is 65.4. The summed E-state index contributed by atoms with van der Waals surface area (Å²) in [5.74, 6) is -2.56. The van der Waals surface area contributed by atoms with Gasteiger partial charge in [-0.2, -0.15) is 0 Å². The number of aliphatic hydroxyl groups is 1. The first kappa shape index (κ1) is 97.6. The van der Waals surface area contributed by atoms with Crippen LogP contribution in [-0.4, -0.2) is 96.7 Å². The molecule has 0 spiro atoms. The molecule has 0 aromatic heterocycles. The lowest BCUT2D eigenvalue weighted by molar-refractivity contribution is -0.161. The van der Waals surface area contributed by atoms with Crippen LogP contribution in [0.3, 0.4) is 0 Å². The van der Waals surface area contributed by atoms with E-state index >= 15 is 0 Å². The maximum atomic E-state index is 13.1. The lowest BCUT2D eigenvalue weighted by atomic mass is 10.1. The lowest BCUT2D eigenvalue weighted by Gasteiger charge is -2.21. The van der Waals surface area contributed by atoms with Crippen LogP contribution < -0.4 is 0 Å². The molecule has 0 fully saturated rings. The van der Waals surface area contributed by atoms with Crippen LogP contribution in [0.2, 0.25) is 0 Å². The van der Waals surface area contributed by atoms with Crippen LogP contribution >= 0.6 is 15.6 Å². The Morgan fingerprint density at radius 1 is 0.288 bits per heavy atom. The maximum Gasteiger partial charge on any atom is 0.472 e. The first-order chi connectivity index (χ1) is 50.7. The zero-order chi connectivity index (χ0) is 76.0. The minimum Gasteiger partial charge on any atom is -0.462 e. The Hall–Kier alpha value is -6.36. The highest BCUT2D eigenvalue weighted by atomic mass is 31.2. The van der Waals surface area contributed by atoms with E-state index < -0.39 is 97.5 Å². The van der Waals surface area contributed by atoms with Gasteiger partial charge in [-0.25, -0.2) is 9.13 Å². The fourth-order valence-corrected chi connectivity index (χ4v) is 10.6. The summed E-state index contributed by atoms with van der Waals surface area (Å²) in [6.45, 7) is 4.15. The van der Waals surface area contributed by atoms with Gasteiger partial charge in [0, 0.05) is 12.8 Å². The number of carbonyl (C=O) groups is 4. The predicted octanol–water partition coefficient (Wildman–Crippen LogP) is 22.3. The van der Waals surface area contributed by atoms with Crippen LogP contribution in [-0.2, 0) is 65.4 Å². The average Bonchev–Trinajstić information content (AvgIpc) is 0.912. The van der Waals surface area contributed by atoms with Crippen molar-refractivity contribution in [3.8, 4) is 0 Å². The third-order valence-electron chi connectivity index (χ3n) is 14.8. The zero-order valence-electron chi connectivity index (χ0n) is 63.6. The molecule has 5 unspecified atom stereocenters. The molecule has 3 N–H and O–H groups in total. The van der Waals surface area contributed by atoms with E-state index in [4.69, 9.17) is 37.0 Å². The summed E-state index contributed by atoms with van der Waals surface area (Å²) in [7, 11) is -10.0. The van der Waals surface area contributed by atoms with Crippen LogP contribution in [0.4, 0.5) is 0 Å². The fraction of sp³-hybridized carbons (Fsp3) is 0.553. The number of hydrogen-bond donors (Lipinski definition) is 3. The number of aliphatic hydroxyl groups excluding tert-OH is 1. The van der Waals surface area contributed by atoms with Crippen LogP contribution in [0.25, 0.3) is 0 Å². The molecule has 0 bridgehead atoms. The number of phosphoric acid groups is 2. The molecule has 0 aromatic carbocycles. The van der Waals surface area contributed by atoms with Crippen LogP contribution in [0.15, 0.2) is 207 Å². The molecular weight excluding hydrogens is 1350 g/mol. The normalized spacial score (nSPS) is 15.0. The highest BCUT2D eigenvalue weighted by Gasteiger charge is 2.30. The summed E-state index contributed by atoms with van der Waals surface area (Å²) < 4.78 is 68.2. The van der Waals surface area contributed by atoms with Gasteiger partial charge in [0.25, 0.3) is 0 Å². The van der Waals surface area contributed by atoms with Gasteiger partial charge in [-0.3, -0.25) is 37.3 Å². The fourth-order valence-electron chi connectivity index (χ4n) is 9.07. The molecule has 0 rings (SSSR count). The van der Waals surface area contributed by atoms with E-state index in [0.29, 0.717) is 32.1 Å². The van der Waals surface area contributed by atoms with Gasteiger partial charge in [0.05, 0.1) is 39.3 Å². The Kier molecular flexibility index (Phi) is 70.3.